The van der Waals surface area contributed by atoms with Crippen molar-refractivity contribution in [1.82, 2.24) is 5.32 Å². The van der Waals surface area contributed by atoms with Crippen LogP contribution in [0.1, 0.15) is 41.6 Å². The maximum absolute atomic E-state index is 12.8. The highest BCUT2D eigenvalue weighted by Crippen LogP contribution is 2.38. The molecule has 2 aromatic rings. The van der Waals surface area contributed by atoms with Crippen LogP contribution in [0.15, 0.2) is 30.3 Å². The Morgan fingerprint density at radius 3 is 2.28 bits per heavy atom. The van der Waals surface area contributed by atoms with Crippen molar-refractivity contribution in [2.24, 2.45) is 0 Å². The standard InChI is InChI=1S/C22H28N2O5/c1-27-19-11-14(12-20(28-2)21(19)29-3)22(26)24-17-8-9-18(25)15(10-17)13-23-16-6-4-5-7-16/h8-12,16,23,25H,4-7,13H2,1-3H3,(H,24,26). The average Bonchev–Trinajstić information content (AvgIpc) is 3.26. The second-order valence-electron chi connectivity index (χ2n) is 7.07. The van der Waals surface area contributed by atoms with E-state index >= 15 is 0 Å². The topological polar surface area (TPSA) is 89.1 Å². The molecule has 1 amide bonds. The first-order chi connectivity index (χ1) is 14.0. The van der Waals surface area contributed by atoms with Gasteiger partial charge in [-0.05, 0) is 43.2 Å². The smallest absolute Gasteiger partial charge is 0.255 e. The summed E-state index contributed by atoms with van der Waals surface area (Å²) in [5.41, 5.74) is 1.72. The Kier molecular flexibility index (Phi) is 6.82. The van der Waals surface area contributed by atoms with E-state index in [1.165, 1.54) is 47.0 Å². The van der Waals surface area contributed by atoms with Gasteiger partial charge in [-0.25, -0.2) is 0 Å². The number of phenols is 1. The van der Waals surface area contributed by atoms with Crippen molar-refractivity contribution in [3.8, 4) is 23.0 Å². The summed E-state index contributed by atoms with van der Waals surface area (Å²) in [5.74, 6) is 1.13. The van der Waals surface area contributed by atoms with E-state index in [9.17, 15) is 9.90 Å². The molecule has 0 aromatic heterocycles. The third-order valence-corrected chi connectivity index (χ3v) is 5.20. The number of amides is 1. The van der Waals surface area contributed by atoms with Crippen LogP contribution in [0.3, 0.4) is 0 Å². The zero-order valence-electron chi connectivity index (χ0n) is 17.1. The van der Waals surface area contributed by atoms with Gasteiger partial charge in [0.05, 0.1) is 21.3 Å². The number of ether oxygens (including phenoxy) is 3. The first kappa shape index (κ1) is 20.8. The lowest BCUT2D eigenvalue weighted by Gasteiger charge is -2.15. The molecule has 1 fully saturated rings. The fourth-order valence-electron chi connectivity index (χ4n) is 3.60. The molecule has 0 saturated heterocycles. The summed E-state index contributed by atoms with van der Waals surface area (Å²) in [5, 5.41) is 16.5. The molecule has 0 bridgehead atoms. The SMILES string of the molecule is COc1cc(C(=O)Nc2ccc(O)c(CNC3CCCC3)c2)cc(OC)c1OC. The molecule has 2 aromatic carbocycles. The van der Waals surface area contributed by atoms with Gasteiger partial charge in [0, 0.05) is 29.4 Å². The predicted octanol–water partition coefficient (Wildman–Crippen LogP) is 3.70. The Hall–Kier alpha value is -2.93. The van der Waals surface area contributed by atoms with E-state index in [0.717, 1.165) is 5.56 Å². The van der Waals surface area contributed by atoms with Crippen LogP contribution in [0.4, 0.5) is 5.69 Å². The van der Waals surface area contributed by atoms with Gasteiger partial charge in [-0.15, -0.1) is 0 Å². The minimum atomic E-state index is -0.315. The van der Waals surface area contributed by atoms with E-state index < -0.39 is 0 Å². The Morgan fingerprint density at radius 1 is 1.03 bits per heavy atom. The van der Waals surface area contributed by atoms with Crippen molar-refractivity contribution in [2.75, 3.05) is 26.6 Å². The maximum atomic E-state index is 12.8. The van der Waals surface area contributed by atoms with Crippen molar-refractivity contribution < 1.29 is 24.1 Å². The van der Waals surface area contributed by atoms with Crippen LogP contribution in [0.2, 0.25) is 0 Å². The highest BCUT2D eigenvalue weighted by molar-refractivity contribution is 6.05. The van der Waals surface area contributed by atoms with Crippen LogP contribution in [-0.4, -0.2) is 38.4 Å². The molecule has 7 heteroatoms. The first-order valence-electron chi connectivity index (χ1n) is 9.72. The Balaban J connectivity index is 1.75. The molecule has 156 valence electrons. The van der Waals surface area contributed by atoms with Gasteiger partial charge in [0.2, 0.25) is 5.75 Å². The number of carbonyl (C=O) groups is 1. The van der Waals surface area contributed by atoms with Gasteiger partial charge in [0.25, 0.3) is 5.91 Å². The van der Waals surface area contributed by atoms with Gasteiger partial charge in [-0.2, -0.15) is 0 Å². The fraction of sp³-hybridized carbons (Fsp3) is 0.409. The highest BCUT2D eigenvalue weighted by atomic mass is 16.5. The Labute approximate surface area is 171 Å². The van der Waals surface area contributed by atoms with E-state index in [-0.39, 0.29) is 11.7 Å². The lowest BCUT2D eigenvalue weighted by Crippen LogP contribution is -2.25. The Morgan fingerprint density at radius 2 is 1.69 bits per heavy atom. The van der Waals surface area contributed by atoms with Crippen molar-refractivity contribution >= 4 is 11.6 Å². The number of carbonyl (C=O) groups excluding carboxylic acids is 1. The summed E-state index contributed by atoms with van der Waals surface area (Å²) in [6, 6.07) is 8.74. The van der Waals surface area contributed by atoms with Gasteiger partial charge in [0.15, 0.2) is 11.5 Å². The van der Waals surface area contributed by atoms with Crippen LogP contribution < -0.4 is 24.8 Å². The van der Waals surface area contributed by atoms with Gasteiger partial charge in [-0.1, -0.05) is 12.8 Å². The van der Waals surface area contributed by atoms with Gasteiger partial charge in [-0.3, -0.25) is 4.79 Å². The monoisotopic (exact) mass is 400 g/mol. The van der Waals surface area contributed by atoms with E-state index in [1.54, 1.807) is 30.3 Å². The van der Waals surface area contributed by atoms with E-state index in [0.29, 0.717) is 41.1 Å². The number of hydrogen-bond donors (Lipinski definition) is 3. The van der Waals surface area contributed by atoms with E-state index in [4.69, 9.17) is 14.2 Å². The number of benzene rings is 2. The summed E-state index contributed by atoms with van der Waals surface area (Å²) >= 11 is 0. The number of phenolic OH excluding ortho intramolecular Hbond substituents is 1. The number of anilines is 1. The molecule has 0 unspecified atom stereocenters. The van der Waals surface area contributed by atoms with Crippen LogP contribution in [-0.2, 0) is 6.54 Å². The number of nitrogens with one attached hydrogen (secondary N) is 2. The largest absolute Gasteiger partial charge is 0.508 e. The van der Waals surface area contributed by atoms with E-state index in [1.807, 2.05) is 0 Å². The van der Waals surface area contributed by atoms with Gasteiger partial charge >= 0.3 is 0 Å². The predicted molar refractivity (Wildman–Crippen MR) is 111 cm³/mol. The minimum Gasteiger partial charge on any atom is -0.508 e. The molecule has 3 rings (SSSR count). The molecule has 0 heterocycles. The van der Waals surface area contributed by atoms with Crippen LogP contribution in [0.25, 0.3) is 0 Å². The van der Waals surface area contributed by atoms with Crippen LogP contribution in [0, 0.1) is 0 Å². The quantitative estimate of drug-likeness (QED) is 0.586. The van der Waals surface area contributed by atoms with Crippen LogP contribution >= 0.6 is 0 Å². The molecular formula is C22H28N2O5. The molecule has 0 radical (unpaired) electrons. The summed E-state index contributed by atoms with van der Waals surface area (Å²) < 4.78 is 15.9. The third-order valence-electron chi connectivity index (χ3n) is 5.20. The number of methoxy groups -OCH3 is 3. The summed E-state index contributed by atoms with van der Waals surface area (Å²) in [6.07, 6.45) is 4.82. The number of aromatic hydroxyl groups is 1. The normalized spacial score (nSPS) is 13.9. The van der Waals surface area contributed by atoms with Gasteiger partial charge in [0.1, 0.15) is 5.75 Å². The van der Waals surface area contributed by atoms with Crippen molar-refractivity contribution in [1.29, 1.82) is 0 Å². The Bertz CT molecular complexity index is 837. The summed E-state index contributed by atoms with van der Waals surface area (Å²) in [7, 11) is 4.52. The van der Waals surface area contributed by atoms with E-state index in [2.05, 4.69) is 10.6 Å². The summed E-state index contributed by atoms with van der Waals surface area (Å²) in [6.45, 7) is 0.560. The number of hydrogen-bond acceptors (Lipinski definition) is 6. The van der Waals surface area contributed by atoms with Crippen LogP contribution in [0.5, 0.6) is 23.0 Å². The number of rotatable bonds is 8. The lowest BCUT2D eigenvalue weighted by molar-refractivity contribution is 0.102. The molecule has 0 atom stereocenters. The lowest BCUT2D eigenvalue weighted by atomic mass is 10.1. The first-order valence-corrected chi connectivity index (χ1v) is 9.72. The van der Waals surface area contributed by atoms with Crippen molar-refractivity contribution in [3.63, 3.8) is 0 Å². The minimum absolute atomic E-state index is 0.210. The molecular weight excluding hydrogens is 372 g/mol. The molecule has 7 nitrogen and oxygen atoms in total. The van der Waals surface area contributed by atoms with Gasteiger partial charge < -0.3 is 30.0 Å². The van der Waals surface area contributed by atoms with Crippen molar-refractivity contribution in [2.45, 2.75) is 38.3 Å². The molecule has 29 heavy (non-hydrogen) atoms. The molecule has 1 saturated carbocycles. The molecule has 1 aliphatic rings. The third kappa shape index (κ3) is 4.92. The molecule has 1 aliphatic carbocycles. The second-order valence-corrected chi connectivity index (χ2v) is 7.07. The fourth-order valence-corrected chi connectivity index (χ4v) is 3.60. The zero-order chi connectivity index (χ0) is 20.8. The molecule has 0 spiro atoms. The zero-order valence-corrected chi connectivity index (χ0v) is 17.1. The highest BCUT2D eigenvalue weighted by Gasteiger charge is 2.18. The maximum Gasteiger partial charge on any atom is 0.255 e. The van der Waals surface area contributed by atoms with Crippen molar-refractivity contribution in [3.05, 3.63) is 41.5 Å². The molecule has 0 aliphatic heterocycles. The second kappa shape index (κ2) is 9.52. The average molecular weight is 400 g/mol. The summed E-state index contributed by atoms with van der Waals surface area (Å²) in [4.78, 5) is 12.8. The molecule has 3 N–H and O–H groups in total.